The average Bonchev–Trinajstić information content (AvgIpc) is 2.48. The fraction of sp³-hybridized carbons (Fsp3) is 0.333. The van der Waals surface area contributed by atoms with Crippen molar-refractivity contribution in [2.75, 3.05) is 7.11 Å². The Morgan fingerprint density at radius 1 is 1.00 bits per heavy atom. The highest BCUT2D eigenvalue weighted by Gasteiger charge is 2.08. The van der Waals surface area contributed by atoms with Gasteiger partial charge in [-0.1, -0.05) is 24.3 Å². The lowest BCUT2D eigenvalue weighted by atomic mass is 10.1. The van der Waals surface area contributed by atoms with Gasteiger partial charge in [-0.25, -0.2) is 0 Å². The molecule has 0 aliphatic rings. The average molecular weight is 285 g/mol. The summed E-state index contributed by atoms with van der Waals surface area (Å²) < 4.78 is 11.3. The Morgan fingerprint density at radius 2 is 1.76 bits per heavy atom. The summed E-state index contributed by atoms with van der Waals surface area (Å²) in [4.78, 5) is 0. The molecule has 112 valence electrons. The van der Waals surface area contributed by atoms with Gasteiger partial charge in [-0.3, -0.25) is 0 Å². The molecule has 0 fully saturated rings. The van der Waals surface area contributed by atoms with Crippen LogP contribution in [0.5, 0.6) is 11.5 Å². The highest BCUT2D eigenvalue weighted by molar-refractivity contribution is 5.44. The number of ether oxygens (including phenoxy) is 2. The van der Waals surface area contributed by atoms with E-state index >= 15 is 0 Å². The Kier molecular flexibility index (Phi) is 4.86. The quantitative estimate of drug-likeness (QED) is 0.905. The Labute approximate surface area is 126 Å². The van der Waals surface area contributed by atoms with Crippen molar-refractivity contribution in [3.05, 3.63) is 58.7 Å². The van der Waals surface area contributed by atoms with Gasteiger partial charge in [-0.2, -0.15) is 0 Å². The first-order chi connectivity index (χ1) is 10.0. The minimum absolute atomic E-state index is 0.0206. The fourth-order valence-electron chi connectivity index (χ4n) is 2.14. The second-order valence-electron chi connectivity index (χ2n) is 5.41. The summed E-state index contributed by atoms with van der Waals surface area (Å²) in [5.74, 6) is 1.45. The van der Waals surface area contributed by atoms with Crippen molar-refractivity contribution < 1.29 is 9.47 Å². The first-order valence-electron chi connectivity index (χ1n) is 7.13. The predicted molar refractivity (Wildman–Crippen MR) is 85.8 cm³/mol. The molecule has 0 aliphatic carbocycles. The van der Waals surface area contributed by atoms with Gasteiger partial charge in [0.1, 0.15) is 6.61 Å². The van der Waals surface area contributed by atoms with Gasteiger partial charge in [0.05, 0.1) is 7.11 Å². The lowest BCUT2D eigenvalue weighted by Gasteiger charge is -2.14. The van der Waals surface area contributed by atoms with Crippen LogP contribution in [0.2, 0.25) is 0 Å². The van der Waals surface area contributed by atoms with Crippen LogP contribution < -0.4 is 15.2 Å². The number of hydrogen-bond donors (Lipinski definition) is 1. The zero-order chi connectivity index (χ0) is 15.4. The first kappa shape index (κ1) is 15.4. The largest absolute Gasteiger partial charge is 0.493 e. The molecule has 0 aromatic heterocycles. The molecule has 3 heteroatoms. The number of aryl methyl sites for hydroxylation is 2. The van der Waals surface area contributed by atoms with Gasteiger partial charge in [-0.05, 0) is 55.2 Å². The number of benzene rings is 2. The number of methoxy groups -OCH3 is 1. The lowest BCUT2D eigenvalue weighted by Crippen LogP contribution is -2.05. The van der Waals surface area contributed by atoms with Crippen LogP contribution in [0.4, 0.5) is 0 Å². The van der Waals surface area contributed by atoms with E-state index in [1.807, 2.05) is 25.1 Å². The van der Waals surface area contributed by atoms with Crippen molar-refractivity contribution in [1.82, 2.24) is 0 Å². The molecule has 2 aromatic rings. The molecule has 0 bridgehead atoms. The Balaban J connectivity index is 2.13. The highest BCUT2D eigenvalue weighted by Crippen LogP contribution is 2.30. The second kappa shape index (κ2) is 6.64. The van der Waals surface area contributed by atoms with E-state index in [-0.39, 0.29) is 6.04 Å². The van der Waals surface area contributed by atoms with Crippen LogP contribution in [0.15, 0.2) is 36.4 Å². The van der Waals surface area contributed by atoms with Crippen molar-refractivity contribution in [3.63, 3.8) is 0 Å². The van der Waals surface area contributed by atoms with E-state index in [2.05, 4.69) is 32.0 Å². The van der Waals surface area contributed by atoms with Gasteiger partial charge < -0.3 is 15.2 Å². The van der Waals surface area contributed by atoms with E-state index in [1.165, 1.54) is 11.1 Å². The number of rotatable bonds is 5. The van der Waals surface area contributed by atoms with Gasteiger partial charge in [0.15, 0.2) is 11.5 Å². The van der Waals surface area contributed by atoms with Crippen LogP contribution in [0.3, 0.4) is 0 Å². The molecule has 0 spiro atoms. The van der Waals surface area contributed by atoms with Crippen LogP contribution in [0.1, 0.15) is 35.2 Å². The Morgan fingerprint density at radius 3 is 2.38 bits per heavy atom. The van der Waals surface area contributed by atoms with Crippen LogP contribution in [0.25, 0.3) is 0 Å². The predicted octanol–water partition coefficient (Wildman–Crippen LogP) is 3.91. The van der Waals surface area contributed by atoms with Crippen LogP contribution in [-0.2, 0) is 6.61 Å². The molecule has 0 amide bonds. The fourth-order valence-corrected chi connectivity index (χ4v) is 2.14. The summed E-state index contributed by atoms with van der Waals surface area (Å²) in [7, 11) is 1.64. The molecule has 2 rings (SSSR count). The third kappa shape index (κ3) is 3.76. The first-order valence-corrected chi connectivity index (χ1v) is 7.13. The molecule has 2 aromatic carbocycles. The van der Waals surface area contributed by atoms with Gasteiger partial charge in [0.2, 0.25) is 0 Å². The molecule has 0 aliphatic heterocycles. The monoisotopic (exact) mass is 285 g/mol. The topological polar surface area (TPSA) is 44.5 Å². The summed E-state index contributed by atoms with van der Waals surface area (Å²) in [6, 6.07) is 12.2. The minimum Gasteiger partial charge on any atom is -0.493 e. The number of nitrogens with two attached hydrogens (primary N) is 1. The van der Waals surface area contributed by atoms with E-state index in [0.717, 1.165) is 16.9 Å². The number of hydrogen-bond acceptors (Lipinski definition) is 3. The SMILES string of the molecule is COc1cc([C@H](C)N)ccc1OCc1ccc(C)c(C)c1. The summed E-state index contributed by atoms with van der Waals surface area (Å²) >= 11 is 0. The maximum atomic E-state index is 5.89. The van der Waals surface area contributed by atoms with E-state index in [1.54, 1.807) is 7.11 Å². The van der Waals surface area contributed by atoms with E-state index in [4.69, 9.17) is 15.2 Å². The van der Waals surface area contributed by atoms with Crippen molar-refractivity contribution in [2.45, 2.75) is 33.4 Å². The van der Waals surface area contributed by atoms with Crippen molar-refractivity contribution in [1.29, 1.82) is 0 Å². The molecule has 21 heavy (non-hydrogen) atoms. The molecular weight excluding hydrogens is 262 g/mol. The Bertz CT molecular complexity index is 621. The molecular formula is C18H23NO2. The maximum Gasteiger partial charge on any atom is 0.161 e. The van der Waals surface area contributed by atoms with Crippen LogP contribution >= 0.6 is 0 Å². The van der Waals surface area contributed by atoms with Crippen LogP contribution in [0, 0.1) is 13.8 Å². The zero-order valence-corrected chi connectivity index (χ0v) is 13.1. The molecule has 2 N–H and O–H groups in total. The van der Waals surface area contributed by atoms with Crippen molar-refractivity contribution in [2.24, 2.45) is 5.73 Å². The van der Waals surface area contributed by atoms with Crippen molar-refractivity contribution in [3.8, 4) is 11.5 Å². The molecule has 1 atom stereocenters. The second-order valence-corrected chi connectivity index (χ2v) is 5.41. The van der Waals surface area contributed by atoms with Gasteiger partial charge >= 0.3 is 0 Å². The third-order valence-electron chi connectivity index (χ3n) is 3.68. The molecule has 0 saturated heterocycles. The van der Waals surface area contributed by atoms with Gasteiger partial charge in [-0.15, -0.1) is 0 Å². The molecule has 0 heterocycles. The summed E-state index contributed by atoms with van der Waals surface area (Å²) in [6.45, 7) is 6.69. The maximum absolute atomic E-state index is 5.89. The van der Waals surface area contributed by atoms with E-state index < -0.39 is 0 Å². The lowest BCUT2D eigenvalue weighted by molar-refractivity contribution is 0.284. The third-order valence-corrected chi connectivity index (χ3v) is 3.68. The van der Waals surface area contributed by atoms with Gasteiger partial charge in [0, 0.05) is 6.04 Å². The molecule has 0 saturated carbocycles. The smallest absolute Gasteiger partial charge is 0.161 e. The minimum atomic E-state index is -0.0206. The Hall–Kier alpha value is -2.00. The summed E-state index contributed by atoms with van der Waals surface area (Å²) in [6.07, 6.45) is 0. The van der Waals surface area contributed by atoms with Gasteiger partial charge in [0.25, 0.3) is 0 Å². The standard InChI is InChI=1S/C18H23NO2/c1-12-5-6-15(9-13(12)2)11-21-17-8-7-16(14(3)19)10-18(17)20-4/h5-10,14H,11,19H2,1-4H3/t14-/m0/s1. The van der Waals surface area contributed by atoms with E-state index in [9.17, 15) is 0 Å². The normalized spacial score (nSPS) is 12.0. The molecule has 0 unspecified atom stereocenters. The highest BCUT2D eigenvalue weighted by atomic mass is 16.5. The van der Waals surface area contributed by atoms with Crippen molar-refractivity contribution >= 4 is 0 Å². The molecule has 0 radical (unpaired) electrons. The summed E-state index contributed by atoms with van der Waals surface area (Å²) in [5.41, 5.74) is 10.6. The zero-order valence-electron chi connectivity index (χ0n) is 13.1. The van der Waals surface area contributed by atoms with Crippen LogP contribution in [-0.4, -0.2) is 7.11 Å². The van der Waals surface area contributed by atoms with E-state index in [0.29, 0.717) is 12.4 Å². The molecule has 3 nitrogen and oxygen atoms in total. The summed E-state index contributed by atoms with van der Waals surface area (Å²) in [5, 5.41) is 0.